The number of benzene rings is 4. The molecule has 0 radical (unpaired) electrons. The number of fused-ring (bicyclic) bond motifs is 3. The zero-order valence-corrected chi connectivity index (χ0v) is 32.6. The van der Waals surface area contributed by atoms with Gasteiger partial charge in [0.1, 0.15) is 0 Å². The third-order valence-corrected chi connectivity index (χ3v) is 9.53. The summed E-state index contributed by atoms with van der Waals surface area (Å²) >= 11 is 0.898. The van der Waals surface area contributed by atoms with Gasteiger partial charge in [0.15, 0.2) is 0 Å². The third-order valence-electron chi connectivity index (χ3n) is 8.11. The van der Waals surface area contributed by atoms with Gasteiger partial charge < -0.3 is 24.8 Å². The fraction of sp³-hybridized carbons (Fsp3) is 0.293. The van der Waals surface area contributed by atoms with Crippen molar-refractivity contribution in [3.8, 4) is 11.1 Å². The average molecular weight is 807 g/mol. The summed E-state index contributed by atoms with van der Waals surface area (Å²) in [5.41, 5.74) is 8.37. The van der Waals surface area contributed by atoms with Gasteiger partial charge in [0, 0.05) is 0 Å². The Kier molecular flexibility index (Phi) is 14.9. The zero-order chi connectivity index (χ0) is 35.5. The molecule has 0 unspecified atom stereocenters. The maximum absolute atomic E-state index is 12.5. The molecule has 0 spiro atoms. The van der Waals surface area contributed by atoms with E-state index in [-0.39, 0.29) is 35.6 Å². The van der Waals surface area contributed by atoms with Gasteiger partial charge >= 0.3 is 137 Å². The molecular formula is C41H38Cl2F6Zr-2. The standard InChI is InChI=1S/C21H25.C15H8F6.C5H5.2ClH.Zr/c1-20(2,3)16-9-7-14-11-15-8-10-17(21(4,5)6)13-19(15)18(14)12-16;16-14(17,18)12-5-1-10(2-6-12)9-11-3-7-13(8-4-11)15(19,20)21;1-2-4-5-3-1;;;/h7,9-10,12-13H,11H2,1-6H3;1-8H;1-3H,4H2;2*1H;/q-1;;-1;;;+2/p-2. The maximum atomic E-state index is 12.5. The van der Waals surface area contributed by atoms with Gasteiger partial charge in [0.05, 0.1) is 0 Å². The first kappa shape index (κ1) is 43.4. The molecule has 4 aromatic rings. The van der Waals surface area contributed by atoms with E-state index in [0.29, 0.717) is 14.3 Å². The Balaban J connectivity index is 0.000000293. The van der Waals surface area contributed by atoms with E-state index in [1.165, 1.54) is 57.6 Å². The summed E-state index contributed by atoms with van der Waals surface area (Å²) < 4.78 is 75.6. The molecule has 0 saturated carbocycles. The molecule has 2 aliphatic rings. The van der Waals surface area contributed by atoms with E-state index >= 15 is 0 Å². The number of hydrogen-bond acceptors (Lipinski definition) is 0. The van der Waals surface area contributed by atoms with E-state index < -0.39 is 23.5 Å². The van der Waals surface area contributed by atoms with Gasteiger partial charge in [-0.25, -0.2) is 12.2 Å². The zero-order valence-electron chi connectivity index (χ0n) is 28.7. The number of rotatable bonds is 2. The summed E-state index contributed by atoms with van der Waals surface area (Å²) in [4.78, 5) is 0. The van der Waals surface area contributed by atoms with Gasteiger partial charge in [-0.3, -0.25) is 6.08 Å². The second-order valence-electron chi connectivity index (χ2n) is 13.9. The Morgan fingerprint density at radius 3 is 1.46 bits per heavy atom. The van der Waals surface area contributed by atoms with Crippen LogP contribution in [0.15, 0.2) is 97.1 Å². The van der Waals surface area contributed by atoms with Crippen LogP contribution < -0.4 is 24.8 Å². The van der Waals surface area contributed by atoms with Crippen molar-refractivity contribution in [3.05, 3.63) is 154 Å². The third kappa shape index (κ3) is 11.4. The minimum absolute atomic E-state index is 0. The molecule has 0 atom stereocenters. The first-order valence-corrected chi connectivity index (χ1v) is 16.8. The SMILES string of the molecule is CC(C)(C)c1c[c-]c2c(c1)-c1cc(C(C)(C)C)ccc1C2.FC(F)(F)c1ccc([C](=[Zr+2])c2ccc(C(F)(F)F)cc2)cc1.[C-]1=CC=CC1.[Cl-].[Cl-]. The van der Waals surface area contributed by atoms with Crippen LogP contribution in [0, 0.1) is 12.1 Å². The van der Waals surface area contributed by atoms with Crippen LogP contribution in [-0.2, 0) is 53.8 Å². The van der Waals surface area contributed by atoms with Gasteiger partial charge in [-0.05, 0) is 17.4 Å². The first-order chi connectivity index (χ1) is 22.2. The summed E-state index contributed by atoms with van der Waals surface area (Å²) in [5, 5.41) is 0. The molecule has 0 nitrogen and oxygen atoms in total. The molecule has 0 fully saturated rings. The Bertz CT molecular complexity index is 1670. The van der Waals surface area contributed by atoms with Crippen LogP contribution in [0.5, 0.6) is 0 Å². The maximum Gasteiger partial charge on any atom is -0.109 e. The second-order valence-corrected chi connectivity index (χ2v) is 15.1. The molecular weight excluding hydrogens is 769 g/mol. The minimum Gasteiger partial charge on any atom is -1.00 e. The summed E-state index contributed by atoms with van der Waals surface area (Å²) in [6.45, 7) is 13.6. The molecule has 264 valence electrons. The summed E-state index contributed by atoms with van der Waals surface area (Å²) in [5.74, 6) is 0. The quantitative estimate of drug-likeness (QED) is 0.156. The van der Waals surface area contributed by atoms with Crippen molar-refractivity contribution in [1.82, 2.24) is 0 Å². The average Bonchev–Trinajstić information content (AvgIpc) is 3.71. The molecule has 50 heavy (non-hydrogen) atoms. The van der Waals surface area contributed by atoms with Crippen molar-refractivity contribution in [2.45, 2.75) is 77.6 Å². The molecule has 6 rings (SSSR count). The predicted octanol–water partition coefficient (Wildman–Crippen LogP) is 5.81. The van der Waals surface area contributed by atoms with E-state index in [2.05, 4.69) is 90.1 Å². The van der Waals surface area contributed by atoms with Crippen molar-refractivity contribution in [1.29, 1.82) is 0 Å². The smallest absolute Gasteiger partial charge is 0.109 e. The number of hydrogen-bond donors (Lipinski definition) is 0. The van der Waals surface area contributed by atoms with Gasteiger partial charge in [0.25, 0.3) is 0 Å². The van der Waals surface area contributed by atoms with E-state index in [9.17, 15) is 26.3 Å². The monoisotopic (exact) mass is 804 g/mol. The second kappa shape index (κ2) is 17.2. The Morgan fingerprint density at radius 1 is 0.620 bits per heavy atom. The fourth-order valence-electron chi connectivity index (χ4n) is 5.14. The van der Waals surface area contributed by atoms with Crippen LogP contribution in [0.3, 0.4) is 0 Å². The van der Waals surface area contributed by atoms with Gasteiger partial charge in [0.2, 0.25) is 0 Å². The van der Waals surface area contributed by atoms with E-state index in [1.807, 2.05) is 12.2 Å². The Morgan fingerprint density at radius 2 is 1.08 bits per heavy atom. The summed E-state index contributed by atoms with van der Waals surface area (Å²) in [6.07, 6.45) is 2.21. The van der Waals surface area contributed by atoms with Gasteiger partial charge in [-0.1, -0.05) is 76.3 Å². The van der Waals surface area contributed by atoms with E-state index in [4.69, 9.17) is 0 Å². The molecule has 0 amide bonds. The van der Waals surface area contributed by atoms with E-state index in [1.54, 1.807) is 0 Å². The molecule has 0 aliphatic heterocycles. The normalized spacial score (nSPS) is 13.1. The fourth-order valence-corrected chi connectivity index (χ4v) is 5.96. The number of allylic oxidation sites excluding steroid dienone is 4. The van der Waals surface area contributed by atoms with Crippen molar-refractivity contribution in [3.63, 3.8) is 0 Å². The predicted molar refractivity (Wildman–Crippen MR) is 179 cm³/mol. The summed E-state index contributed by atoms with van der Waals surface area (Å²) in [7, 11) is 0. The molecule has 2 aliphatic carbocycles. The molecule has 9 heteroatoms. The van der Waals surface area contributed by atoms with Crippen molar-refractivity contribution in [2.75, 3.05) is 0 Å². The molecule has 4 aromatic carbocycles. The first-order valence-electron chi connectivity index (χ1n) is 15.6. The number of halogens is 8. The molecule has 0 saturated heterocycles. The van der Waals surface area contributed by atoms with Crippen LogP contribution in [0.1, 0.15) is 92.5 Å². The molecule has 0 bridgehead atoms. The van der Waals surface area contributed by atoms with E-state index in [0.717, 1.165) is 61.3 Å². The topological polar surface area (TPSA) is 0 Å². The van der Waals surface area contributed by atoms with Crippen molar-refractivity contribution in [2.24, 2.45) is 0 Å². The molecule has 0 aromatic heterocycles. The van der Waals surface area contributed by atoms with Crippen LogP contribution >= 0.6 is 0 Å². The molecule has 0 heterocycles. The van der Waals surface area contributed by atoms with Crippen molar-refractivity contribution < 1.29 is 75.4 Å². The Hall–Kier alpha value is -2.73. The molecule has 0 N–H and O–H groups in total. The van der Waals surface area contributed by atoms with Crippen LogP contribution in [0.4, 0.5) is 26.3 Å². The largest absolute Gasteiger partial charge is 1.00 e. The van der Waals surface area contributed by atoms with Gasteiger partial charge in [-0.2, -0.15) is 35.4 Å². The van der Waals surface area contributed by atoms with Gasteiger partial charge in [-0.15, -0.1) is 12.0 Å². The summed E-state index contributed by atoms with van der Waals surface area (Å²) in [6, 6.07) is 24.2. The van der Waals surface area contributed by atoms with Crippen LogP contribution in [0.2, 0.25) is 0 Å². The minimum atomic E-state index is -4.41. The Labute approximate surface area is 319 Å². The number of alkyl halides is 6. The van der Waals surface area contributed by atoms with Crippen LogP contribution in [0.25, 0.3) is 11.1 Å². The van der Waals surface area contributed by atoms with Crippen LogP contribution in [-0.4, -0.2) is 3.21 Å². The van der Waals surface area contributed by atoms with Crippen molar-refractivity contribution >= 4 is 3.21 Å².